The maximum absolute atomic E-state index is 13.4. The lowest BCUT2D eigenvalue weighted by atomic mass is 9.87. The average Bonchev–Trinajstić information content (AvgIpc) is 3.06. The summed E-state index contributed by atoms with van der Waals surface area (Å²) in [5, 5.41) is 0. The minimum absolute atomic E-state index is 0.0802. The van der Waals surface area contributed by atoms with Crippen LogP contribution in [0.25, 0.3) is 11.1 Å². The molecule has 1 aliphatic rings. The fourth-order valence-corrected chi connectivity index (χ4v) is 7.04. The number of carbonyl (C=O) groups is 1. The molecule has 0 fully saturated rings. The van der Waals surface area contributed by atoms with Gasteiger partial charge in [-0.1, -0.05) is 63.2 Å². The Kier molecular flexibility index (Phi) is 5.12. The number of carbonyl (C=O) groups excluding carboxylic acids is 1. The van der Waals surface area contributed by atoms with Gasteiger partial charge in [-0.15, -0.1) is 0 Å². The van der Waals surface area contributed by atoms with E-state index < -0.39 is 5.54 Å². The van der Waals surface area contributed by atoms with E-state index in [2.05, 4.69) is 13.8 Å². The molecule has 0 spiro atoms. The molecule has 3 nitrogen and oxygen atoms in total. The molecule has 0 unspecified atom stereocenters. The molecular formula is C22H21NO2S3. The van der Waals surface area contributed by atoms with Crippen LogP contribution in [0.3, 0.4) is 0 Å². The third-order valence-electron chi connectivity index (χ3n) is 4.98. The summed E-state index contributed by atoms with van der Waals surface area (Å²) < 4.78 is 6.59. The second-order valence-corrected chi connectivity index (χ2v) is 10.0. The van der Waals surface area contributed by atoms with E-state index in [4.69, 9.17) is 17.0 Å². The molecule has 0 aliphatic carbocycles. The fourth-order valence-electron chi connectivity index (χ4n) is 3.76. The van der Waals surface area contributed by atoms with Gasteiger partial charge in [0, 0.05) is 11.1 Å². The van der Waals surface area contributed by atoms with Crippen LogP contribution in [-0.2, 0) is 16.8 Å². The first kappa shape index (κ1) is 19.3. The predicted molar refractivity (Wildman–Crippen MR) is 120 cm³/mol. The van der Waals surface area contributed by atoms with Crippen LogP contribution in [0.1, 0.15) is 31.2 Å². The SMILES string of the molecule is CCOc1ccc2c(c1)-c1c(ssc1=S)C(C)(C)N2C(=O)Cc1ccccc1. The third kappa shape index (κ3) is 3.19. The van der Waals surface area contributed by atoms with E-state index in [1.54, 1.807) is 20.7 Å². The number of fused-ring (bicyclic) bond motifs is 3. The number of nitrogens with zero attached hydrogens (tertiary/aromatic N) is 1. The topological polar surface area (TPSA) is 29.5 Å². The lowest BCUT2D eigenvalue weighted by Gasteiger charge is -2.43. The third-order valence-corrected chi connectivity index (χ3v) is 8.31. The fraction of sp³-hybridized carbons (Fsp3) is 0.273. The van der Waals surface area contributed by atoms with Gasteiger partial charge in [-0.3, -0.25) is 4.79 Å². The van der Waals surface area contributed by atoms with Crippen LogP contribution < -0.4 is 9.64 Å². The molecule has 1 aliphatic heterocycles. The molecule has 2 heterocycles. The molecule has 1 amide bonds. The minimum atomic E-state index is -0.459. The highest BCUT2D eigenvalue weighted by Crippen LogP contribution is 2.52. The van der Waals surface area contributed by atoms with Crippen molar-refractivity contribution in [3.8, 4) is 16.9 Å². The van der Waals surface area contributed by atoms with Gasteiger partial charge in [0.25, 0.3) is 0 Å². The Bertz CT molecular complexity index is 1080. The van der Waals surface area contributed by atoms with Crippen molar-refractivity contribution >= 4 is 44.5 Å². The molecule has 0 saturated carbocycles. The van der Waals surface area contributed by atoms with E-state index >= 15 is 0 Å². The van der Waals surface area contributed by atoms with Gasteiger partial charge in [-0.25, -0.2) is 0 Å². The minimum Gasteiger partial charge on any atom is -0.494 e. The highest BCUT2D eigenvalue weighted by atomic mass is 32.9. The van der Waals surface area contributed by atoms with Crippen molar-refractivity contribution in [3.63, 3.8) is 0 Å². The Labute approximate surface area is 177 Å². The summed E-state index contributed by atoms with van der Waals surface area (Å²) in [6.45, 7) is 6.77. The van der Waals surface area contributed by atoms with Gasteiger partial charge in [0.1, 0.15) is 9.57 Å². The summed E-state index contributed by atoms with van der Waals surface area (Å²) in [4.78, 5) is 16.5. The van der Waals surface area contributed by atoms with Crippen LogP contribution in [0.2, 0.25) is 0 Å². The Balaban J connectivity index is 1.86. The molecule has 0 saturated heterocycles. The maximum atomic E-state index is 13.4. The van der Waals surface area contributed by atoms with Crippen molar-refractivity contribution in [3.05, 3.63) is 62.8 Å². The first-order valence-corrected chi connectivity index (χ1v) is 11.8. The Hall–Kier alpha value is -2.02. The Morgan fingerprint density at radius 3 is 2.61 bits per heavy atom. The van der Waals surface area contributed by atoms with Gasteiger partial charge < -0.3 is 9.64 Å². The smallest absolute Gasteiger partial charge is 0.232 e. The van der Waals surface area contributed by atoms with Crippen LogP contribution >= 0.6 is 32.9 Å². The first-order valence-electron chi connectivity index (χ1n) is 9.21. The molecule has 6 heteroatoms. The molecule has 0 N–H and O–H groups in total. The van der Waals surface area contributed by atoms with Crippen molar-refractivity contribution < 1.29 is 9.53 Å². The highest BCUT2D eigenvalue weighted by molar-refractivity contribution is 7.80. The van der Waals surface area contributed by atoms with Crippen molar-refractivity contribution in [2.24, 2.45) is 0 Å². The Morgan fingerprint density at radius 2 is 1.89 bits per heavy atom. The number of hydrogen-bond donors (Lipinski definition) is 0. The zero-order chi connectivity index (χ0) is 19.9. The summed E-state index contributed by atoms with van der Waals surface area (Å²) in [6, 6.07) is 15.8. The maximum Gasteiger partial charge on any atom is 0.232 e. The van der Waals surface area contributed by atoms with Crippen molar-refractivity contribution in [2.75, 3.05) is 11.5 Å². The van der Waals surface area contributed by atoms with E-state index in [1.165, 1.54) is 0 Å². The van der Waals surface area contributed by atoms with Gasteiger partial charge in [0.2, 0.25) is 5.91 Å². The first-order chi connectivity index (χ1) is 13.4. The normalized spacial score (nSPS) is 14.3. The molecule has 28 heavy (non-hydrogen) atoms. The Morgan fingerprint density at radius 1 is 1.14 bits per heavy atom. The molecule has 1 aromatic heterocycles. The number of ether oxygens (including phenoxy) is 1. The summed E-state index contributed by atoms with van der Waals surface area (Å²) >= 11 is 5.65. The molecule has 144 valence electrons. The summed E-state index contributed by atoms with van der Waals surface area (Å²) in [5.41, 5.74) is 3.53. The van der Waals surface area contributed by atoms with Crippen LogP contribution in [0.15, 0.2) is 48.5 Å². The second-order valence-electron chi connectivity index (χ2n) is 7.22. The number of anilines is 1. The van der Waals surface area contributed by atoms with E-state index in [0.29, 0.717) is 13.0 Å². The van der Waals surface area contributed by atoms with Gasteiger partial charge in [0.15, 0.2) is 0 Å². The lowest BCUT2D eigenvalue weighted by Crippen LogP contribution is -2.48. The van der Waals surface area contributed by atoms with Crippen molar-refractivity contribution in [1.29, 1.82) is 0 Å². The molecule has 4 rings (SSSR count). The lowest BCUT2D eigenvalue weighted by molar-refractivity contribution is -0.119. The van der Waals surface area contributed by atoms with E-state index in [0.717, 1.165) is 36.8 Å². The van der Waals surface area contributed by atoms with E-state index in [1.807, 2.05) is 60.4 Å². The quantitative estimate of drug-likeness (QED) is 0.355. The summed E-state index contributed by atoms with van der Waals surface area (Å²) in [6.07, 6.45) is 0.363. The average molecular weight is 428 g/mol. The van der Waals surface area contributed by atoms with Crippen LogP contribution in [-0.4, -0.2) is 12.5 Å². The molecule has 0 radical (unpaired) electrons. The van der Waals surface area contributed by atoms with Crippen LogP contribution in [0.4, 0.5) is 5.69 Å². The number of amides is 1. The summed E-state index contributed by atoms with van der Waals surface area (Å²) in [7, 11) is 3.27. The zero-order valence-corrected chi connectivity index (χ0v) is 18.5. The molecule has 0 atom stereocenters. The predicted octanol–water partition coefficient (Wildman–Crippen LogP) is 6.43. The molecule has 0 bridgehead atoms. The van der Waals surface area contributed by atoms with Gasteiger partial charge in [-0.05, 0) is 44.5 Å². The standard InChI is InChI=1S/C22H21NO2S3/c1-4-25-15-10-11-17-16(13-15)19-20(27-28-21(19)26)22(2,3)23(17)18(24)12-14-8-6-5-7-9-14/h5-11,13H,4,12H2,1-3H3. The van der Waals surface area contributed by atoms with Gasteiger partial charge in [0.05, 0.1) is 29.1 Å². The van der Waals surface area contributed by atoms with Crippen LogP contribution in [0, 0.1) is 3.82 Å². The largest absolute Gasteiger partial charge is 0.494 e. The van der Waals surface area contributed by atoms with Crippen LogP contribution in [0.5, 0.6) is 5.75 Å². The number of benzene rings is 2. The zero-order valence-electron chi connectivity index (χ0n) is 16.0. The monoisotopic (exact) mass is 427 g/mol. The van der Waals surface area contributed by atoms with Gasteiger partial charge in [-0.2, -0.15) is 0 Å². The highest BCUT2D eigenvalue weighted by Gasteiger charge is 2.42. The van der Waals surface area contributed by atoms with Crippen molar-refractivity contribution in [1.82, 2.24) is 0 Å². The molecule has 2 aromatic carbocycles. The van der Waals surface area contributed by atoms with E-state index in [9.17, 15) is 4.79 Å². The van der Waals surface area contributed by atoms with Crippen molar-refractivity contribution in [2.45, 2.75) is 32.7 Å². The molecular weight excluding hydrogens is 406 g/mol. The number of hydrogen-bond acceptors (Lipinski definition) is 5. The number of rotatable bonds is 4. The summed E-state index contributed by atoms with van der Waals surface area (Å²) in [5.74, 6) is 0.879. The van der Waals surface area contributed by atoms with E-state index in [-0.39, 0.29) is 5.91 Å². The molecule has 3 aromatic rings. The second kappa shape index (κ2) is 7.43. The van der Waals surface area contributed by atoms with Gasteiger partial charge >= 0.3 is 0 Å².